The lowest BCUT2D eigenvalue weighted by Gasteiger charge is -2.02. The molecule has 2 heterocycles. The van der Waals surface area contributed by atoms with Gasteiger partial charge in [-0.1, -0.05) is 23.2 Å². The zero-order chi connectivity index (χ0) is 15.7. The third-order valence-electron chi connectivity index (χ3n) is 2.90. The number of halogens is 3. The molecule has 0 amide bonds. The van der Waals surface area contributed by atoms with Gasteiger partial charge < -0.3 is 4.42 Å². The molecule has 0 saturated heterocycles. The van der Waals surface area contributed by atoms with Crippen LogP contribution in [0.3, 0.4) is 0 Å². The fraction of sp³-hybridized carbons (Fsp3) is 0.0714. The van der Waals surface area contributed by atoms with Crippen molar-refractivity contribution in [3.8, 4) is 11.5 Å². The number of aromatic nitrogens is 3. The summed E-state index contributed by atoms with van der Waals surface area (Å²) in [5.74, 6) is -0.0230. The number of benzene rings is 1. The molecule has 2 aromatic heterocycles. The van der Waals surface area contributed by atoms with Crippen molar-refractivity contribution in [2.24, 2.45) is 0 Å². The Balaban J connectivity index is 1.87. The van der Waals surface area contributed by atoms with Crippen molar-refractivity contribution in [1.29, 1.82) is 0 Å². The van der Waals surface area contributed by atoms with Gasteiger partial charge in [0.1, 0.15) is 22.8 Å². The summed E-state index contributed by atoms with van der Waals surface area (Å²) in [5, 5.41) is 3.88. The maximum Gasteiger partial charge on any atom is 0.287 e. The maximum atomic E-state index is 12.9. The molecule has 0 fully saturated rings. The van der Waals surface area contributed by atoms with E-state index < -0.39 is 5.56 Å². The molecule has 0 radical (unpaired) electrons. The minimum Gasteiger partial charge on any atom is -0.444 e. The van der Waals surface area contributed by atoms with Gasteiger partial charge in [-0.2, -0.15) is 5.10 Å². The van der Waals surface area contributed by atoms with Gasteiger partial charge in [-0.15, -0.1) is 0 Å². The van der Waals surface area contributed by atoms with E-state index >= 15 is 0 Å². The largest absolute Gasteiger partial charge is 0.444 e. The summed E-state index contributed by atoms with van der Waals surface area (Å²) < 4.78 is 19.3. The van der Waals surface area contributed by atoms with E-state index in [2.05, 4.69) is 10.1 Å². The third kappa shape index (κ3) is 2.88. The van der Waals surface area contributed by atoms with Crippen LogP contribution in [0.4, 0.5) is 4.39 Å². The summed E-state index contributed by atoms with van der Waals surface area (Å²) in [4.78, 5) is 16.1. The summed E-state index contributed by atoms with van der Waals surface area (Å²) in [6.45, 7) is 0.0837. The lowest BCUT2D eigenvalue weighted by atomic mass is 10.2. The highest BCUT2D eigenvalue weighted by molar-refractivity contribution is 6.41. The Morgan fingerprint density at radius 3 is 2.68 bits per heavy atom. The van der Waals surface area contributed by atoms with E-state index in [9.17, 15) is 9.18 Å². The van der Waals surface area contributed by atoms with Crippen LogP contribution in [-0.2, 0) is 6.54 Å². The number of oxazole rings is 1. The Hall–Kier alpha value is -2.18. The van der Waals surface area contributed by atoms with Crippen LogP contribution in [0.5, 0.6) is 0 Å². The Morgan fingerprint density at radius 2 is 1.95 bits per heavy atom. The summed E-state index contributed by atoms with van der Waals surface area (Å²) in [7, 11) is 0. The van der Waals surface area contributed by atoms with Gasteiger partial charge in [0.2, 0.25) is 5.89 Å². The summed E-state index contributed by atoms with van der Waals surface area (Å²) in [6.07, 6.45) is 2.68. The number of hydrogen-bond acceptors (Lipinski definition) is 4. The molecule has 0 bridgehead atoms. The van der Waals surface area contributed by atoms with Gasteiger partial charge in [-0.25, -0.2) is 14.1 Å². The van der Waals surface area contributed by atoms with Crippen LogP contribution in [0.15, 0.2) is 45.9 Å². The quantitative estimate of drug-likeness (QED) is 0.733. The zero-order valence-corrected chi connectivity index (χ0v) is 12.5. The normalized spacial score (nSPS) is 10.9. The molecular formula is C14H8Cl2FN3O2. The molecule has 1 aromatic carbocycles. The topological polar surface area (TPSA) is 60.9 Å². The van der Waals surface area contributed by atoms with Gasteiger partial charge >= 0.3 is 0 Å². The van der Waals surface area contributed by atoms with E-state index in [1.807, 2.05) is 0 Å². The molecule has 0 aliphatic rings. The maximum absolute atomic E-state index is 12.9. The lowest BCUT2D eigenvalue weighted by molar-refractivity contribution is 0.566. The smallest absolute Gasteiger partial charge is 0.287 e. The van der Waals surface area contributed by atoms with Crippen molar-refractivity contribution in [3.63, 3.8) is 0 Å². The average Bonchev–Trinajstić information content (AvgIpc) is 2.97. The van der Waals surface area contributed by atoms with Crippen LogP contribution in [0.2, 0.25) is 10.0 Å². The van der Waals surface area contributed by atoms with Crippen LogP contribution in [0, 0.1) is 5.82 Å². The monoisotopic (exact) mass is 339 g/mol. The highest BCUT2D eigenvalue weighted by Gasteiger charge is 2.11. The van der Waals surface area contributed by atoms with Gasteiger partial charge in [0.05, 0.1) is 17.8 Å². The van der Waals surface area contributed by atoms with E-state index in [0.717, 1.165) is 4.68 Å². The predicted octanol–water partition coefficient (Wildman–Crippen LogP) is 3.39. The first-order valence-corrected chi connectivity index (χ1v) is 6.91. The van der Waals surface area contributed by atoms with Crippen LogP contribution >= 0.6 is 23.2 Å². The van der Waals surface area contributed by atoms with Crippen molar-refractivity contribution in [3.05, 3.63) is 68.6 Å². The number of rotatable bonds is 3. The van der Waals surface area contributed by atoms with Gasteiger partial charge in [-0.05, 0) is 24.3 Å². The first kappa shape index (κ1) is 14.7. The van der Waals surface area contributed by atoms with Gasteiger partial charge in [0.25, 0.3) is 5.56 Å². The molecular weight excluding hydrogens is 332 g/mol. The first-order chi connectivity index (χ1) is 10.5. The zero-order valence-electron chi connectivity index (χ0n) is 11.0. The average molecular weight is 340 g/mol. The second-order valence-electron chi connectivity index (χ2n) is 4.42. The Morgan fingerprint density at radius 1 is 1.23 bits per heavy atom. The molecule has 5 nitrogen and oxygen atoms in total. The molecule has 3 aromatic rings. The fourth-order valence-electron chi connectivity index (χ4n) is 1.82. The molecule has 0 spiro atoms. The first-order valence-electron chi connectivity index (χ1n) is 6.16. The summed E-state index contributed by atoms with van der Waals surface area (Å²) >= 11 is 11.5. The highest BCUT2D eigenvalue weighted by atomic mass is 35.5. The van der Waals surface area contributed by atoms with Gasteiger partial charge in [0, 0.05) is 5.56 Å². The molecule has 0 unspecified atom stereocenters. The van der Waals surface area contributed by atoms with Gasteiger partial charge in [0.15, 0.2) is 0 Å². The molecule has 0 N–H and O–H groups in total. The van der Waals surface area contributed by atoms with Crippen LogP contribution in [0.1, 0.15) is 5.69 Å². The molecule has 0 saturated carbocycles. The molecule has 112 valence electrons. The molecule has 0 aliphatic heterocycles. The van der Waals surface area contributed by atoms with Crippen LogP contribution in [-0.4, -0.2) is 14.8 Å². The van der Waals surface area contributed by atoms with E-state index in [4.69, 9.17) is 27.6 Å². The summed E-state index contributed by atoms with van der Waals surface area (Å²) in [6, 6.07) is 5.72. The van der Waals surface area contributed by atoms with E-state index in [1.165, 1.54) is 24.6 Å². The molecule has 0 aliphatic carbocycles. The Kier molecular flexibility index (Phi) is 3.96. The van der Waals surface area contributed by atoms with Crippen LogP contribution in [0.25, 0.3) is 11.5 Å². The molecule has 22 heavy (non-hydrogen) atoms. The van der Waals surface area contributed by atoms with Crippen molar-refractivity contribution < 1.29 is 8.81 Å². The highest BCUT2D eigenvalue weighted by Crippen LogP contribution is 2.19. The Bertz CT molecular complexity index is 875. The van der Waals surface area contributed by atoms with Gasteiger partial charge in [-0.3, -0.25) is 4.79 Å². The number of hydrogen-bond donors (Lipinski definition) is 0. The van der Waals surface area contributed by atoms with E-state index in [1.54, 1.807) is 12.1 Å². The minimum absolute atomic E-state index is 0.0837. The number of nitrogens with zero attached hydrogens (tertiary/aromatic N) is 3. The third-order valence-corrected chi connectivity index (χ3v) is 3.65. The SMILES string of the molecule is O=c1c(Cl)c(Cl)cnn1Cc1coc(-c2ccc(F)cc2)n1. The van der Waals surface area contributed by atoms with E-state index in [0.29, 0.717) is 17.1 Å². The van der Waals surface area contributed by atoms with Crippen molar-refractivity contribution in [2.45, 2.75) is 6.54 Å². The molecule has 8 heteroatoms. The molecule has 0 atom stereocenters. The standard InChI is InChI=1S/C14H8Cl2FN3O2/c15-11-5-18-20(14(21)12(11)16)6-10-7-22-13(19-10)8-1-3-9(17)4-2-8/h1-5,7H,6H2. The lowest BCUT2D eigenvalue weighted by Crippen LogP contribution is -2.23. The van der Waals surface area contributed by atoms with Crippen molar-refractivity contribution in [1.82, 2.24) is 14.8 Å². The molecule has 3 rings (SSSR count). The second-order valence-corrected chi connectivity index (χ2v) is 5.21. The van der Waals surface area contributed by atoms with Crippen LogP contribution < -0.4 is 5.56 Å². The van der Waals surface area contributed by atoms with Crippen molar-refractivity contribution in [2.75, 3.05) is 0 Å². The fourth-order valence-corrected chi connectivity index (χ4v) is 2.09. The van der Waals surface area contributed by atoms with Crippen molar-refractivity contribution >= 4 is 23.2 Å². The Labute approximate surface area is 133 Å². The minimum atomic E-state index is -0.513. The van der Waals surface area contributed by atoms with E-state index in [-0.39, 0.29) is 22.4 Å². The predicted molar refractivity (Wildman–Crippen MR) is 79.5 cm³/mol. The second kappa shape index (κ2) is 5.90. The summed E-state index contributed by atoms with van der Waals surface area (Å²) in [5.41, 5.74) is 0.593.